The Morgan fingerprint density at radius 2 is 1.82 bits per heavy atom. The number of pyridine rings is 1. The van der Waals surface area contributed by atoms with Crippen molar-refractivity contribution in [3.63, 3.8) is 0 Å². The molecule has 1 aromatic heterocycles. The van der Waals surface area contributed by atoms with E-state index in [0.717, 1.165) is 18.4 Å². The maximum atomic E-state index is 12.7. The van der Waals surface area contributed by atoms with Gasteiger partial charge in [-0.1, -0.05) is 6.07 Å². The molecule has 2 amide bonds. The molecule has 0 spiro atoms. The van der Waals surface area contributed by atoms with Gasteiger partial charge in [0, 0.05) is 24.8 Å². The zero-order chi connectivity index (χ0) is 21.1. The van der Waals surface area contributed by atoms with E-state index in [1.165, 1.54) is 4.90 Å². The Morgan fingerprint density at radius 1 is 1.18 bits per heavy atom. The molecule has 7 heteroatoms. The molecule has 0 aromatic carbocycles. The Morgan fingerprint density at radius 3 is 2.39 bits per heavy atom. The van der Waals surface area contributed by atoms with Crippen LogP contribution in [-0.4, -0.2) is 46.4 Å². The summed E-state index contributed by atoms with van der Waals surface area (Å²) in [5.74, 6) is 0.528. The second-order valence-corrected chi connectivity index (χ2v) is 8.97. The third-order valence-corrected chi connectivity index (χ3v) is 4.24. The van der Waals surface area contributed by atoms with Crippen LogP contribution in [0.25, 0.3) is 0 Å². The van der Waals surface area contributed by atoms with Crippen molar-refractivity contribution in [3.8, 4) is 0 Å². The number of nitrogens with zero attached hydrogens (tertiary/aromatic N) is 3. The molecule has 0 saturated carbocycles. The summed E-state index contributed by atoms with van der Waals surface area (Å²) >= 11 is 0. The highest BCUT2D eigenvalue weighted by Gasteiger charge is 2.36. The van der Waals surface area contributed by atoms with Crippen molar-refractivity contribution in [3.05, 3.63) is 23.9 Å². The molecule has 0 bridgehead atoms. The van der Waals surface area contributed by atoms with E-state index in [2.05, 4.69) is 4.98 Å². The van der Waals surface area contributed by atoms with E-state index in [4.69, 9.17) is 9.47 Å². The molecule has 1 atom stereocenters. The Balaban J connectivity index is 2.34. The molecule has 0 radical (unpaired) electrons. The number of aromatic nitrogens is 1. The number of rotatable bonds is 3. The van der Waals surface area contributed by atoms with Crippen molar-refractivity contribution in [2.45, 2.75) is 78.6 Å². The molecule has 28 heavy (non-hydrogen) atoms. The number of ether oxygens (including phenoxy) is 2. The average molecular weight is 392 g/mol. The van der Waals surface area contributed by atoms with E-state index in [1.54, 1.807) is 11.1 Å². The molecular formula is C21H33N3O4. The van der Waals surface area contributed by atoms with Gasteiger partial charge in [-0.05, 0) is 67.4 Å². The summed E-state index contributed by atoms with van der Waals surface area (Å²) in [5, 5.41) is 0. The number of hydrogen-bond donors (Lipinski definition) is 0. The summed E-state index contributed by atoms with van der Waals surface area (Å²) in [6.45, 7) is 14.0. The van der Waals surface area contributed by atoms with Crippen LogP contribution in [-0.2, 0) is 9.47 Å². The molecule has 0 aliphatic carbocycles. The van der Waals surface area contributed by atoms with Crippen molar-refractivity contribution in [1.82, 2.24) is 9.88 Å². The van der Waals surface area contributed by atoms with Crippen LogP contribution >= 0.6 is 0 Å². The zero-order valence-corrected chi connectivity index (χ0v) is 18.1. The first kappa shape index (κ1) is 22.0. The number of hydrogen-bond acceptors (Lipinski definition) is 5. The number of anilines is 1. The van der Waals surface area contributed by atoms with Gasteiger partial charge in [0.2, 0.25) is 0 Å². The van der Waals surface area contributed by atoms with Crippen LogP contribution in [0.1, 0.15) is 72.9 Å². The first-order valence-electron chi connectivity index (χ1n) is 9.88. The van der Waals surface area contributed by atoms with Gasteiger partial charge in [0.25, 0.3) is 0 Å². The standard InChI is InChI=1S/C21H33N3O4/c1-8-23(18(25)27-20(2,3)4)17-15(11-9-13-22-17)16-12-10-14-24(16)19(26)28-21(5,6)7/h9,11,13,16H,8,10,12,14H2,1-7H3/t16-/m0/s1. The van der Waals surface area contributed by atoms with Gasteiger partial charge >= 0.3 is 12.2 Å². The normalized spacial score (nSPS) is 17.4. The molecule has 1 aliphatic heterocycles. The lowest BCUT2D eigenvalue weighted by atomic mass is 10.0. The van der Waals surface area contributed by atoms with Gasteiger partial charge in [0.1, 0.15) is 17.0 Å². The molecule has 156 valence electrons. The van der Waals surface area contributed by atoms with Gasteiger partial charge in [-0.3, -0.25) is 4.90 Å². The van der Waals surface area contributed by atoms with Crippen molar-refractivity contribution in [1.29, 1.82) is 0 Å². The van der Waals surface area contributed by atoms with E-state index in [0.29, 0.717) is 18.9 Å². The van der Waals surface area contributed by atoms with E-state index >= 15 is 0 Å². The minimum absolute atomic E-state index is 0.185. The van der Waals surface area contributed by atoms with Gasteiger partial charge in [0.05, 0.1) is 6.04 Å². The number of amides is 2. The van der Waals surface area contributed by atoms with Crippen molar-refractivity contribution < 1.29 is 19.1 Å². The van der Waals surface area contributed by atoms with Crippen molar-refractivity contribution in [2.75, 3.05) is 18.0 Å². The summed E-state index contributed by atoms with van der Waals surface area (Å²) in [6, 6.07) is 3.56. The zero-order valence-electron chi connectivity index (χ0n) is 18.1. The topological polar surface area (TPSA) is 72.0 Å². The van der Waals surface area contributed by atoms with E-state index in [-0.39, 0.29) is 12.1 Å². The van der Waals surface area contributed by atoms with E-state index < -0.39 is 17.3 Å². The van der Waals surface area contributed by atoms with Crippen LogP contribution in [0.15, 0.2) is 18.3 Å². The van der Waals surface area contributed by atoms with Gasteiger partial charge in [-0.2, -0.15) is 0 Å². The monoisotopic (exact) mass is 391 g/mol. The number of likely N-dealkylation sites (tertiary alicyclic amines) is 1. The highest BCUT2D eigenvalue weighted by Crippen LogP contribution is 2.37. The Kier molecular flexibility index (Phi) is 6.57. The highest BCUT2D eigenvalue weighted by molar-refractivity contribution is 5.87. The molecule has 1 fully saturated rings. The fourth-order valence-electron chi connectivity index (χ4n) is 3.21. The highest BCUT2D eigenvalue weighted by atomic mass is 16.6. The second kappa shape index (κ2) is 8.37. The lowest BCUT2D eigenvalue weighted by Crippen LogP contribution is -2.39. The van der Waals surface area contributed by atoms with Crippen LogP contribution < -0.4 is 4.90 Å². The number of carbonyl (C=O) groups is 2. The van der Waals surface area contributed by atoms with Gasteiger partial charge in [-0.25, -0.2) is 14.6 Å². The minimum atomic E-state index is -0.602. The molecule has 1 aromatic rings. The third kappa shape index (κ3) is 5.59. The summed E-state index contributed by atoms with van der Waals surface area (Å²) in [7, 11) is 0. The first-order valence-corrected chi connectivity index (χ1v) is 9.88. The Bertz CT molecular complexity index is 706. The quantitative estimate of drug-likeness (QED) is 0.732. The van der Waals surface area contributed by atoms with Crippen LogP contribution in [0.2, 0.25) is 0 Å². The summed E-state index contributed by atoms with van der Waals surface area (Å²) < 4.78 is 11.1. The average Bonchev–Trinajstić information content (AvgIpc) is 3.02. The summed E-state index contributed by atoms with van der Waals surface area (Å²) in [4.78, 5) is 33.1. The molecular weight excluding hydrogens is 358 g/mol. The Labute approximate surface area is 168 Å². The molecule has 0 unspecified atom stereocenters. The second-order valence-electron chi connectivity index (χ2n) is 8.97. The van der Waals surface area contributed by atoms with Crippen LogP contribution in [0.4, 0.5) is 15.4 Å². The lowest BCUT2D eigenvalue weighted by Gasteiger charge is -2.31. The fourth-order valence-corrected chi connectivity index (χ4v) is 3.21. The smallest absolute Gasteiger partial charge is 0.415 e. The van der Waals surface area contributed by atoms with Crippen molar-refractivity contribution in [2.24, 2.45) is 0 Å². The summed E-state index contributed by atoms with van der Waals surface area (Å²) in [5.41, 5.74) is -0.331. The van der Waals surface area contributed by atoms with Crippen LogP contribution in [0.3, 0.4) is 0 Å². The van der Waals surface area contributed by atoms with Gasteiger partial charge < -0.3 is 14.4 Å². The van der Waals surface area contributed by atoms with E-state index in [1.807, 2.05) is 60.6 Å². The molecule has 1 aliphatic rings. The SMILES string of the molecule is CCN(C(=O)OC(C)(C)C)c1ncccc1[C@@H]1CCCN1C(=O)OC(C)(C)C. The molecule has 2 heterocycles. The molecule has 0 N–H and O–H groups in total. The lowest BCUT2D eigenvalue weighted by molar-refractivity contribution is 0.0224. The molecule has 1 saturated heterocycles. The van der Waals surface area contributed by atoms with Crippen LogP contribution in [0.5, 0.6) is 0 Å². The molecule has 7 nitrogen and oxygen atoms in total. The fraction of sp³-hybridized carbons (Fsp3) is 0.667. The maximum absolute atomic E-state index is 12.7. The van der Waals surface area contributed by atoms with Crippen LogP contribution in [0, 0.1) is 0 Å². The first-order chi connectivity index (χ1) is 12.9. The van der Waals surface area contributed by atoms with Gasteiger partial charge in [-0.15, -0.1) is 0 Å². The minimum Gasteiger partial charge on any atom is -0.444 e. The predicted octanol–water partition coefficient (Wildman–Crippen LogP) is 4.92. The van der Waals surface area contributed by atoms with E-state index in [9.17, 15) is 9.59 Å². The Hall–Kier alpha value is -2.31. The molecule has 2 rings (SSSR count). The number of carbonyl (C=O) groups excluding carboxylic acids is 2. The summed E-state index contributed by atoms with van der Waals surface area (Å²) in [6.07, 6.45) is 2.53. The largest absolute Gasteiger partial charge is 0.444 e. The third-order valence-electron chi connectivity index (χ3n) is 4.24. The maximum Gasteiger partial charge on any atom is 0.415 e. The predicted molar refractivity (Wildman–Crippen MR) is 108 cm³/mol. The van der Waals surface area contributed by atoms with Gasteiger partial charge in [0.15, 0.2) is 0 Å². The van der Waals surface area contributed by atoms with Crippen molar-refractivity contribution >= 4 is 18.0 Å².